The number of carbonyl (C=O) groups is 1. The molecule has 2 aromatic rings. The maximum atomic E-state index is 12.5. The normalized spacial score (nSPS) is 16.3. The number of amides is 1. The van der Waals surface area contributed by atoms with Crippen LogP contribution >= 0.6 is 0 Å². The van der Waals surface area contributed by atoms with Gasteiger partial charge < -0.3 is 9.80 Å². The highest BCUT2D eigenvalue weighted by Gasteiger charge is 2.27. The minimum atomic E-state index is -0.00279. The highest BCUT2D eigenvalue weighted by Crippen LogP contribution is 2.38. The van der Waals surface area contributed by atoms with Crippen LogP contribution in [0.15, 0.2) is 42.6 Å². The molecule has 23 heavy (non-hydrogen) atoms. The molecule has 1 atom stereocenters. The van der Waals surface area contributed by atoms with Gasteiger partial charge in [0.1, 0.15) is 5.69 Å². The lowest BCUT2D eigenvalue weighted by molar-refractivity contribution is 0.0767. The highest BCUT2D eigenvalue weighted by molar-refractivity contribution is 5.93. The first-order valence-corrected chi connectivity index (χ1v) is 8.28. The van der Waals surface area contributed by atoms with Crippen molar-refractivity contribution in [2.45, 2.75) is 33.2 Å². The zero-order valence-corrected chi connectivity index (χ0v) is 14.0. The predicted octanol–water partition coefficient (Wildman–Crippen LogP) is 3.65. The molecule has 1 aliphatic heterocycles. The molecule has 0 N–H and O–H groups in total. The fourth-order valence-electron chi connectivity index (χ4n) is 3.32. The smallest absolute Gasteiger partial charge is 0.272 e. The van der Waals surface area contributed by atoms with E-state index in [1.54, 1.807) is 11.1 Å². The van der Waals surface area contributed by atoms with E-state index in [9.17, 15) is 4.79 Å². The Morgan fingerprint density at radius 2 is 2.00 bits per heavy atom. The quantitative estimate of drug-likeness (QED) is 0.865. The summed E-state index contributed by atoms with van der Waals surface area (Å²) < 4.78 is 0. The molecule has 1 aliphatic rings. The Bertz CT molecular complexity index is 709. The minimum Gasteiger partial charge on any atom is -0.338 e. The van der Waals surface area contributed by atoms with Gasteiger partial charge in [0.15, 0.2) is 0 Å². The fraction of sp³-hybridized carbons (Fsp3) is 0.368. The summed E-state index contributed by atoms with van der Waals surface area (Å²) in [5, 5.41) is 0. The predicted molar refractivity (Wildman–Crippen MR) is 93.2 cm³/mol. The number of hydrogen-bond acceptors (Lipinski definition) is 3. The van der Waals surface area contributed by atoms with Crippen LogP contribution in [0.1, 0.15) is 36.8 Å². The molecule has 0 aliphatic carbocycles. The second-order valence-corrected chi connectivity index (χ2v) is 5.93. The van der Waals surface area contributed by atoms with E-state index in [0.717, 1.165) is 12.1 Å². The van der Waals surface area contributed by atoms with E-state index in [1.807, 2.05) is 26.0 Å². The molecule has 1 unspecified atom stereocenters. The number of pyridine rings is 1. The summed E-state index contributed by atoms with van der Waals surface area (Å²) in [7, 11) is 0. The van der Waals surface area contributed by atoms with Gasteiger partial charge in [-0.05, 0) is 51.0 Å². The number of aromatic nitrogens is 1. The van der Waals surface area contributed by atoms with Crippen LogP contribution in [0.4, 0.5) is 11.4 Å². The van der Waals surface area contributed by atoms with E-state index < -0.39 is 0 Å². The molecular weight excluding hydrogens is 286 g/mol. The van der Waals surface area contributed by atoms with Crippen molar-refractivity contribution < 1.29 is 4.79 Å². The Balaban J connectivity index is 1.96. The molecule has 0 radical (unpaired) electrons. The Morgan fingerprint density at radius 3 is 2.74 bits per heavy atom. The van der Waals surface area contributed by atoms with Gasteiger partial charge >= 0.3 is 0 Å². The number of anilines is 2. The van der Waals surface area contributed by atoms with Crippen LogP contribution in [0.2, 0.25) is 0 Å². The Labute approximate surface area is 137 Å². The van der Waals surface area contributed by atoms with Crippen molar-refractivity contribution in [3.05, 3.63) is 53.9 Å². The second kappa shape index (κ2) is 6.41. The van der Waals surface area contributed by atoms with Crippen molar-refractivity contribution in [2.24, 2.45) is 0 Å². The van der Waals surface area contributed by atoms with Crippen LogP contribution in [0.5, 0.6) is 0 Å². The first kappa shape index (κ1) is 15.5. The number of benzene rings is 1. The maximum absolute atomic E-state index is 12.5. The van der Waals surface area contributed by atoms with Crippen molar-refractivity contribution in [1.82, 2.24) is 9.88 Å². The molecule has 1 amide bonds. The van der Waals surface area contributed by atoms with E-state index in [4.69, 9.17) is 0 Å². The summed E-state index contributed by atoms with van der Waals surface area (Å²) in [4.78, 5) is 20.9. The molecule has 1 aromatic carbocycles. The molecule has 0 fully saturated rings. The summed E-state index contributed by atoms with van der Waals surface area (Å²) in [5.74, 6) is -0.00279. The number of nitrogens with zero attached hydrogens (tertiary/aromatic N) is 3. The minimum absolute atomic E-state index is 0.00279. The molecular formula is C19H23N3O. The van der Waals surface area contributed by atoms with Crippen molar-refractivity contribution in [2.75, 3.05) is 18.0 Å². The molecule has 0 bridgehead atoms. The van der Waals surface area contributed by atoms with Crippen molar-refractivity contribution >= 4 is 17.3 Å². The fourth-order valence-corrected chi connectivity index (χ4v) is 3.32. The van der Waals surface area contributed by atoms with E-state index in [1.165, 1.54) is 11.3 Å². The zero-order chi connectivity index (χ0) is 16.4. The van der Waals surface area contributed by atoms with Crippen LogP contribution in [0.25, 0.3) is 0 Å². The average molecular weight is 309 g/mol. The van der Waals surface area contributed by atoms with Crippen molar-refractivity contribution in [3.63, 3.8) is 0 Å². The number of carbonyl (C=O) groups excluding carboxylic acids is 1. The lowest BCUT2D eigenvalue weighted by atomic mass is 10.1. The summed E-state index contributed by atoms with van der Waals surface area (Å²) in [6, 6.07) is 12.7. The maximum Gasteiger partial charge on any atom is 0.272 e. The van der Waals surface area contributed by atoms with Gasteiger partial charge in [0.2, 0.25) is 0 Å². The third-order valence-corrected chi connectivity index (χ3v) is 4.50. The van der Waals surface area contributed by atoms with Gasteiger partial charge in [0, 0.05) is 36.7 Å². The summed E-state index contributed by atoms with van der Waals surface area (Å²) >= 11 is 0. The van der Waals surface area contributed by atoms with Crippen LogP contribution in [-0.4, -0.2) is 34.9 Å². The zero-order valence-electron chi connectivity index (χ0n) is 14.0. The number of fused-ring (bicyclic) bond motifs is 1. The summed E-state index contributed by atoms with van der Waals surface area (Å²) in [6.45, 7) is 7.59. The molecule has 3 rings (SSSR count). The van der Waals surface area contributed by atoms with E-state index in [-0.39, 0.29) is 5.91 Å². The van der Waals surface area contributed by atoms with E-state index in [0.29, 0.717) is 24.8 Å². The summed E-state index contributed by atoms with van der Waals surface area (Å²) in [6.07, 6.45) is 2.76. The Morgan fingerprint density at radius 1 is 1.26 bits per heavy atom. The second-order valence-electron chi connectivity index (χ2n) is 5.93. The average Bonchev–Trinajstić information content (AvgIpc) is 2.91. The first-order valence-electron chi connectivity index (χ1n) is 8.28. The van der Waals surface area contributed by atoms with E-state index >= 15 is 0 Å². The van der Waals surface area contributed by atoms with Crippen LogP contribution in [0.3, 0.4) is 0 Å². The van der Waals surface area contributed by atoms with Crippen LogP contribution < -0.4 is 4.90 Å². The molecule has 0 saturated carbocycles. The first-order chi connectivity index (χ1) is 11.2. The monoisotopic (exact) mass is 309 g/mol. The lowest BCUT2D eigenvalue weighted by Crippen LogP contribution is -2.31. The molecule has 0 spiro atoms. The topological polar surface area (TPSA) is 36.4 Å². The van der Waals surface area contributed by atoms with Gasteiger partial charge in [-0.1, -0.05) is 18.2 Å². The van der Waals surface area contributed by atoms with Crippen LogP contribution in [0, 0.1) is 0 Å². The third-order valence-electron chi connectivity index (χ3n) is 4.50. The third kappa shape index (κ3) is 2.81. The molecule has 2 heterocycles. The molecule has 120 valence electrons. The van der Waals surface area contributed by atoms with E-state index in [2.05, 4.69) is 41.1 Å². The van der Waals surface area contributed by atoms with Gasteiger partial charge in [-0.25, -0.2) is 0 Å². The van der Waals surface area contributed by atoms with Gasteiger partial charge in [-0.3, -0.25) is 9.78 Å². The Kier molecular flexibility index (Phi) is 4.33. The molecule has 0 saturated heterocycles. The lowest BCUT2D eigenvalue weighted by Gasteiger charge is -2.26. The molecule has 1 aromatic heterocycles. The van der Waals surface area contributed by atoms with Gasteiger partial charge in [-0.15, -0.1) is 0 Å². The number of rotatable bonds is 4. The molecule has 4 nitrogen and oxygen atoms in total. The SMILES string of the molecule is CCN(CC)C(=O)c1cc(N2c3ccccc3CC2C)ccn1. The van der Waals surface area contributed by atoms with Gasteiger partial charge in [0.05, 0.1) is 0 Å². The van der Waals surface area contributed by atoms with Crippen molar-refractivity contribution in [1.29, 1.82) is 0 Å². The molecule has 4 heteroatoms. The number of hydrogen-bond donors (Lipinski definition) is 0. The number of para-hydroxylation sites is 1. The van der Waals surface area contributed by atoms with Gasteiger partial charge in [0.25, 0.3) is 5.91 Å². The highest BCUT2D eigenvalue weighted by atomic mass is 16.2. The van der Waals surface area contributed by atoms with Crippen LogP contribution in [-0.2, 0) is 6.42 Å². The Hall–Kier alpha value is -2.36. The standard InChI is InChI=1S/C19H23N3O/c1-4-21(5-2)19(23)17-13-16(10-11-20-17)22-14(3)12-15-8-6-7-9-18(15)22/h6-11,13-14H,4-5,12H2,1-3H3. The van der Waals surface area contributed by atoms with Crippen molar-refractivity contribution in [3.8, 4) is 0 Å². The largest absolute Gasteiger partial charge is 0.338 e. The van der Waals surface area contributed by atoms with Gasteiger partial charge in [-0.2, -0.15) is 0 Å². The summed E-state index contributed by atoms with van der Waals surface area (Å²) in [5.41, 5.74) is 4.14.